The van der Waals surface area contributed by atoms with Gasteiger partial charge in [0.2, 0.25) is 0 Å². The van der Waals surface area contributed by atoms with Crippen LogP contribution in [0.25, 0.3) is 22.0 Å². The molecule has 0 spiro atoms. The number of fused-ring (bicyclic) bond motifs is 1. The Morgan fingerprint density at radius 1 is 1.13 bits per heavy atom. The van der Waals surface area contributed by atoms with E-state index in [1.807, 2.05) is 35.7 Å². The van der Waals surface area contributed by atoms with Crippen molar-refractivity contribution in [3.8, 4) is 11.3 Å². The van der Waals surface area contributed by atoms with Gasteiger partial charge >= 0.3 is 5.97 Å². The number of hydrogen-bond donors (Lipinski definition) is 1. The third kappa shape index (κ3) is 4.90. The molecule has 2 heterocycles. The van der Waals surface area contributed by atoms with E-state index >= 15 is 0 Å². The first-order valence-corrected chi connectivity index (χ1v) is 10.9. The van der Waals surface area contributed by atoms with Crippen molar-refractivity contribution in [3.63, 3.8) is 0 Å². The second-order valence-corrected chi connectivity index (χ2v) is 8.00. The molecular weight excluding hydrogens is 434 g/mol. The van der Waals surface area contributed by atoms with Gasteiger partial charge in [-0.05, 0) is 35.4 Å². The Balaban J connectivity index is 1.45. The zero-order valence-corrected chi connectivity index (χ0v) is 18.1. The van der Waals surface area contributed by atoms with Gasteiger partial charge in [0.25, 0.3) is 5.91 Å². The Morgan fingerprint density at radius 2 is 1.94 bits per heavy atom. The first-order chi connectivity index (χ1) is 15.0. The average molecular weight is 452 g/mol. The molecule has 0 fully saturated rings. The molecule has 156 valence electrons. The fourth-order valence-corrected chi connectivity index (χ4v) is 3.94. The summed E-state index contributed by atoms with van der Waals surface area (Å²) in [5.41, 5.74) is 1.96. The predicted molar refractivity (Wildman–Crippen MR) is 122 cm³/mol. The van der Waals surface area contributed by atoms with Crippen molar-refractivity contribution in [1.29, 1.82) is 0 Å². The Morgan fingerprint density at radius 3 is 2.71 bits per heavy atom. The van der Waals surface area contributed by atoms with Crippen LogP contribution in [0.2, 0.25) is 5.15 Å². The van der Waals surface area contributed by atoms with E-state index in [2.05, 4.69) is 27.4 Å². The van der Waals surface area contributed by atoms with Crippen LogP contribution in [0.1, 0.15) is 23.7 Å². The summed E-state index contributed by atoms with van der Waals surface area (Å²) in [4.78, 5) is 33.3. The molecular formula is C23H18ClN3O3S. The zero-order chi connectivity index (χ0) is 21.8. The van der Waals surface area contributed by atoms with Gasteiger partial charge in [-0.15, -0.1) is 11.3 Å². The molecule has 0 aliphatic carbocycles. The van der Waals surface area contributed by atoms with Crippen molar-refractivity contribution < 1.29 is 14.3 Å². The lowest BCUT2D eigenvalue weighted by atomic mass is 10.1. The van der Waals surface area contributed by atoms with Crippen LogP contribution < -0.4 is 5.32 Å². The summed E-state index contributed by atoms with van der Waals surface area (Å²) < 4.78 is 5.35. The number of nitrogens with zero attached hydrogens (tertiary/aromatic N) is 2. The second-order valence-electron chi connectivity index (χ2n) is 6.76. The average Bonchev–Trinajstić information content (AvgIpc) is 3.25. The van der Waals surface area contributed by atoms with Gasteiger partial charge in [0, 0.05) is 17.1 Å². The van der Waals surface area contributed by atoms with Crippen molar-refractivity contribution in [2.75, 3.05) is 5.32 Å². The third-order valence-corrected chi connectivity index (χ3v) is 5.62. The Labute approximate surface area is 187 Å². The van der Waals surface area contributed by atoms with Crippen LogP contribution in [0.5, 0.6) is 0 Å². The molecule has 4 aromatic rings. The van der Waals surface area contributed by atoms with Gasteiger partial charge in [-0.3, -0.25) is 10.1 Å². The normalized spacial score (nSPS) is 11.8. The molecule has 4 rings (SSSR count). The molecule has 31 heavy (non-hydrogen) atoms. The maximum atomic E-state index is 12.6. The number of benzene rings is 2. The van der Waals surface area contributed by atoms with Gasteiger partial charge in [0.05, 0.1) is 11.3 Å². The number of pyridine rings is 1. The summed E-state index contributed by atoms with van der Waals surface area (Å²) in [5.74, 6) is -1.07. The number of aromatic nitrogens is 2. The van der Waals surface area contributed by atoms with E-state index in [0.29, 0.717) is 11.6 Å². The summed E-state index contributed by atoms with van der Waals surface area (Å²) in [5, 5.41) is 7.51. The second kappa shape index (κ2) is 9.24. The highest BCUT2D eigenvalue weighted by molar-refractivity contribution is 7.14. The topological polar surface area (TPSA) is 81.2 Å². The van der Waals surface area contributed by atoms with Gasteiger partial charge in [-0.1, -0.05) is 54.9 Å². The minimum absolute atomic E-state index is 0.177. The molecule has 2 aromatic heterocycles. The van der Waals surface area contributed by atoms with Gasteiger partial charge in [-0.2, -0.15) is 0 Å². The molecule has 1 N–H and O–H groups in total. The van der Waals surface area contributed by atoms with E-state index < -0.39 is 18.0 Å². The first kappa shape index (κ1) is 21.0. The number of carbonyl (C=O) groups excluding carboxylic acids is 2. The summed E-state index contributed by atoms with van der Waals surface area (Å²) in [7, 11) is 0. The van der Waals surface area contributed by atoms with Crippen LogP contribution in [-0.4, -0.2) is 27.9 Å². The van der Waals surface area contributed by atoms with Crippen molar-refractivity contribution >= 4 is 50.7 Å². The highest BCUT2D eigenvalue weighted by Crippen LogP contribution is 2.28. The molecule has 0 aliphatic heterocycles. The van der Waals surface area contributed by atoms with E-state index in [0.717, 1.165) is 22.0 Å². The van der Waals surface area contributed by atoms with E-state index in [1.165, 1.54) is 29.7 Å². The van der Waals surface area contributed by atoms with Crippen LogP contribution in [0.4, 0.5) is 5.13 Å². The third-order valence-electron chi connectivity index (χ3n) is 4.65. The molecule has 1 unspecified atom stereocenters. The molecule has 2 aromatic carbocycles. The Hall–Kier alpha value is -3.29. The first-order valence-electron chi connectivity index (χ1n) is 9.61. The number of halogens is 1. The minimum Gasteiger partial charge on any atom is -0.449 e. The van der Waals surface area contributed by atoms with Crippen molar-refractivity contribution in [1.82, 2.24) is 9.97 Å². The van der Waals surface area contributed by atoms with E-state index in [-0.39, 0.29) is 10.7 Å². The lowest BCUT2D eigenvalue weighted by Crippen LogP contribution is -2.32. The molecule has 6 nitrogen and oxygen atoms in total. The van der Waals surface area contributed by atoms with E-state index in [9.17, 15) is 9.59 Å². The van der Waals surface area contributed by atoms with Crippen molar-refractivity contribution in [3.05, 3.63) is 76.9 Å². The van der Waals surface area contributed by atoms with Crippen molar-refractivity contribution in [2.24, 2.45) is 0 Å². The monoisotopic (exact) mass is 451 g/mol. The molecule has 0 aliphatic rings. The highest BCUT2D eigenvalue weighted by Gasteiger charge is 2.23. The number of anilines is 1. The molecule has 0 saturated heterocycles. The lowest BCUT2D eigenvalue weighted by Gasteiger charge is -2.15. The number of thiazole rings is 1. The van der Waals surface area contributed by atoms with Gasteiger partial charge < -0.3 is 4.74 Å². The lowest BCUT2D eigenvalue weighted by molar-refractivity contribution is -0.124. The summed E-state index contributed by atoms with van der Waals surface area (Å²) in [6, 6.07) is 17.1. The smallest absolute Gasteiger partial charge is 0.339 e. The summed E-state index contributed by atoms with van der Waals surface area (Å²) in [6.45, 7) is 1.76. The molecule has 0 bridgehead atoms. The van der Waals surface area contributed by atoms with Gasteiger partial charge in [0.1, 0.15) is 5.15 Å². The molecule has 8 heteroatoms. The van der Waals surface area contributed by atoms with E-state index in [1.54, 1.807) is 6.92 Å². The summed E-state index contributed by atoms with van der Waals surface area (Å²) >= 11 is 7.12. The Kier molecular flexibility index (Phi) is 6.25. The minimum atomic E-state index is -0.951. The van der Waals surface area contributed by atoms with Crippen LogP contribution in [0.3, 0.4) is 0 Å². The number of ether oxygens (including phenoxy) is 1. The van der Waals surface area contributed by atoms with Gasteiger partial charge in [-0.25, -0.2) is 14.8 Å². The number of amides is 1. The fraction of sp³-hybridized carbons (Fsp3) is 0.130. The maximum absolute atomic E-state index is 12.6. The quantitative estimate of drug-likeness (QED) is 0.305. The zero-order valence-electron chi connectivity index (χ0n) is 16.5. The fourth-order valence-electron chi connectivity index (χ4n) is 3.05. The number of hydrogen-bond acceptors (Lipinski definition) is 6. The SMILES string of the molecule is CCC(OC(=O)c1ccnc(Cl)c1)C(=O)Nc1nc(-c2ccc3ccccc3c2)cs1. The van der Waals surface area contributed by atoms with Crippen molar-refractivity contribution in [2.45, 2.75) is 19.4 Å². The van der Waals surface area contributed by atoms with Gasteiger partial charge in [0.15, 0.2) is 11.2 Å². The molecule has 0 radical (unpaired) electrons. The number of nitrogens with one attached hydrogen (secondary N) is 1. The molecule has 1 amide bonds. The number of carbonyl (C=O) groups is 2. The molecule has 1 atom stereocenters. The van der Waals surface area contributed by atoms with Crippen LogP contribution in [-0.2, 0) is 9.53 Å². The predicted octanol–water partition coefficient (Wildman–Crippen LogP) is 5.59. The number of rotatable bonds is 6. The molecule has 0 saturated carbocycles. The van der Waals surface area contributed by atoms with E-state index in [4.69, 9.17) is 16.3 Å². The Bertz CT molecular complexity index is 1260. The van der Waals surface area contributed by atoms with Crippen LogP contribution >= 0.6 is 22.9 Å². The standard InChI is InChI=1S/C23H18ClN3O3S/c1-2-19(30-22(29)17-9-10-25-20(24)12-17)21(28)27-23-26-18(13-31-23)16-8-7-14-5-3-4-6-15(14)11-16/h3-13,19H,2H2,1H3,(H,26,27,28). The summed E-state index contributed by atoms with van der Waals surface area (Å²) in [6.07, 6.45) is 0.774. The largest absolute Gasteiger partial charge is 0.449 e. The van der Waals surface area contributed by atoms with Crippen LogP contribution in [0.15, 0.2) is 66.2 Å². The highest BCUT2D eigenvalue weighted by atomic mass is 35.5. The maximum Gasteiger partial charge on any atom is 0.339 e. The van der Waals surface area contributed by atoms with Crippen LogP contribution in [0, 0.1) is 0 Å². The number of esters is 1.